The van der Waals surface area contributed by atoms with Crippen LogP contribution in [0.4, 0.5) is 5.82 Å². The maximum Gasteiger partial charge on any atom is 0.232 e. The van der Waals surface area contributed by atoms with Gasteiger partial charge in [0.15, 0.2) is 5.82 Å². The molecule has 1 unspecified atom stereocenters. The third kappa shape index (κ3) is 3.23. The largest absolute Gasteiger partial charge is 0.383 e. The molecule has 2 aliphatic rings. The highest BCUT2D eigenvalue weighted by Crippen LogP contribution is 2.40. The van der Waals surface area contributed by atoms with Crippen LogP contribution in [-0.4, -0.2) is 52.6 Å². The standard InChI is InChI=1S/C20H27N5O2S/c1-13-15-10-17(26)25(8-9-27-4)18(15)23-19(22-13)20(3)6-5-7-24(20)11-16-14(2)21-12-28-16/h12H,5-11H2,1-4H3. The molecule has 2 aliphatic heterocycles. The monoisotopic (exact) mass is 401 g/mol. The van der Waals surface area contributed by atoms with Gasteiger partial charge in [0.05, 0.1) is 36.3 Å². The van der Waals surface area contributed by atoms with Crippen molar-refractivity contribution in [3.63, 3.8) is 0 Å². The summed E-state index contributed by atoms with van der Waals surface area (Å²) < 4.78 is 5.18. The molecule has 4 rings (SSSR count). The molecular formula is C20H27N5O2S. The van der Waals surface area contributed by atoms with Crippen molar-refractivity contribution >= 4 is 23.1 Å². The molecule has 1 amide bonds. The molecule has 0 N–H and O–H groups in total. The van der Waals surface area contributed by atoms with Crippen LogP contribution in [-0.2, 0) is 28.0 Å². The quantitative estimate of drug-likeness (QED) is 0.741. The lowest BCUT2D eigenvalue weighted by molar-refractivity contribution is -0.117. The van der Waals surface area contributed by atoms with E-state index in [1.165, 1.54) is 4.88 Å². The van der Waals surface area contributed by atoms with Crippen molar-refractivity contribution in [2.24, 2.45) is 0 Å². The summed E-state index contributed by atoms with van der Waals surface area (Å²) in [6.45, 7) is 9.18. The third-order valence-corrected chi connectivity index (χ3v) is 6.97. The van der Waals surface area contributed by atoms with Crippen molar-refractivity contribution in [2.45, 2.75) is 52.1 Å². The number of fused-ring (bicyclic) bond motifs is 1. The minimum atomic E-state index is -0.241. The molecule has 8 heteroatoms. The maximum absolute atomic E-state index is 12.5. The van der Waals surface area contributed by atoms with E-state index in [2.05, 4.69) is 23.7 Å². The molecule has 1 atom stereocenters. The highest BCUT2D eigenvalue weighted by molar-refractivity contribution is 7.09. The smallest absolute Gasteiger partial charge is 0.232 e. The summed E-state index contributed by atoms with van der Waals surface area (Å²) in [5.74, 6) is 1.67. The van der Waals surface area contributed by atoms with E-state index < -0.39 is 0 Å². The Balaban J connectivity index is 1.68. The average molecular weight is 402 g/mol. The lowest BCUT2D eigenvalue weighted by Gasteiger charge is -2.34. The Morgan fingerprint density at radius 2 is 2.11 bits per heavy atom. The van der Waals surface area contributed by atoms with E-state index in [9.17, 15) is 4.79 Å². The van der Waals surface area contributed by atoms with Crippen LogP contribution < -0.4 is 4.90 Å². The van der Waals surface area contributed by atoms with Gasteiger partial charge in [0, 0.05) is 29.8 Å². The van der Waals surface area contributed by atoms with Crippen molar-refractivity contribution in [2.75, 3.05) is 31.7 Å². The number of carbonyl (C=O) groups excluding carboxylic acids is 1. The minimum absolute atomic E-state index is 0.0790. The van der Waals surface area contributed by atoms with Crippen molar-refractivity contribution in [1.29, 1.82) is 0 Å². The number of ether oxygens (including phenoxy) is 1. The maximum atomic E-state index is 12.5. The van der Waals surface area contributed by atoms with E-state index in [1.54, 1.807) is 23.3 Å². The number of rotatable bonds is 6. The van der Waals surface area contributed by atoms with Gasteiger partial charge in [-0.05, 0) is 40.2 Å². The molecule has 4 heterocycles. The van der Waals surface area contributed by atoms with Gasteiger partial charge in [-0.2, -0.15) is 0 Å². The molecule has 2 aromatic heterocycles. The van der Waals surface area contributed by atoms with E-state index >= 15 is 0 Å². The van der Waals surface area contributed by atoms with Crippen LogP contribution in [0.2, 0.25) is 0 Å². The first kappa shape index (κ1) is 19.4. The van der Waals surface area contributed by atoms with E-state index in [-0.39, 0.29) is 11.4 Å². The van der Waals surface area contributed by atoms with Gasteiger partial charge < -0.3 is 4.74 Å². The molecule has 0 saturated carbocycles. The second kappa shape index (κ2) is 7.50. The highest BCUT2D eigenvalue weighted by atomic mass is 32.1. The molecule has 0 aliphatic carbocycles. The average Bonchev–Trinajstić information content (AvgIpc) is 3.33. The first-order valence-electron chi connectivity index (χ1n) is 9.75. The zero-order valence-corrected chi connectivity index (χ0v) is 17.8. The second-order valence-corrected chi connectivity index (χ2v) is 8.75. The number of methoxy groups -OCH3 is 1. The molecule has 2 aromatic rings. The predicted molar refractivity (Wildman–Crippen MR) is 109 cm³/mol. The van der Waals surface area contributed by atoms with Gasteiger partial charge in [-0.25, -0.2) is 15.0 Å². The SMILES string of the molecule is COCCN1C(=O)Cc2c(C)nc(C3(C)CCCN3Cc3scnc3C)nc21. The van der Waals surface area contributed by atoms with Gasteiger partial charge in [-0.15, -0.1) is 11.3 Å². The molecule has 0 radical (unpaired) electrons. The van der Waals surface area contributed by atoms with E-state index in [4.69, 9.17) is 14.7 Å². The lowest BCUT2D eigenvalue weighted by Crippen LogP contribution is -2.40. The Bertz CT molecular complexity index is 899. The molecule has 1 saturated heterocycles. The number of hydrogen-bond donors (Lipinski definition) is 0. The van der Waals surface area contributed by atoms with Gasteiger partial charge in [-0.3, -0.25) is 14.6 Å². The van der Waals surface area contributed by atoms with Gasteiger partial charge in [-0.1, -0.05) is 0 Å². The van der Waals surface area contributed by atoms with Gasteiger partial charge in [0.2, 0.25) is 5.91 Å². The molecule has 7 nitrogen and oxygen atoms in total. The van der Waals surface area contributed by atoms with Crippen LogP contribution in [0.5, 0.6) is 0 Å². The van der Waals surface area contributed by atoms with E-state index in [0.717, 1.165) is 54.5 Å². The van der Waals surface area contributed by atoms with Crippen LogP contribution in [0.15, 0.2) is 5.51 Å². The van der Waals surface area contributed by atoms with Crippen LogP contribution in [0.1, 0.15) is 47.4 Å². The lowest BCUT2D eigenvalue weighted by atomic mass is 9.97. The first-order chi connectivity index (χ1) is 13.4. The minimum Gasteiger partial charge on any atom is -0.383 e. The molecule has 150 valence electrons. The van der Waals surface area contributed by atoms with Crippen LogP contribution in [0.25, 0.3) is 0 Å². The zero-order valence-electron chi connectivity index (χ0n) is 17.0. The number of thiazole rings is 1. The van der Waals surface area contributed by atoms with E-state index in [1.807, 2.05) is 12.4 Å². The van der Waals surface area contributed by atoms with Crippen LogP contribution in [0.3, 0.4) is 0 Å². The summed E-state index contributed by atoms with van der Waals surface area (Å²) in [4.78, 5) is 32.2. The van der Waals surface area contributed by atoms with Crippen molar-refractivity contribution in [1.82, 2.24) is 19.9 Å². The number of carbonyl (C=O) groups is 1. The summed E-state index contributed by atoms with van der Waals surface area (Å²) in [7, 11) is 1.65. The third-order valence-electron chi connectivity index (χ3n) is 6.05. The molecule has 1 fully saturated rings. The summed E-state index contributed by atoms with van der Waals surface area (Å²) in [5.41, 5.74) is 4.63. The Morgan fingerprint density at radius 1 is 1.29 bits per heavy atom. The van der Waals surface area contributed by atoms with Crippen LogP contribution >= 0.6 is 11.3 Å². The summed E-state index contributed by atoms with van der Waals surface area (Å²) in [6, 6.07) is 0. The number of hydrogen-bond acceptors (Lipinski definition) is 7. The Labute approximate surface area is 169 Å². The summed E-state index contributed by atoms with van der Waals surface area (Å²) in [5, 5.41) is 0. The Hall–Kier alpha value is -1.90. The van der Waals surface area contributed by atoms with Crippen molar-refractivity contribution < 1.29 is 9.53 Å². The summed E-state index contributed by atoms with van der Waals surface area (Å²) in [6.07, 6.45) is 2.50. The molecule has 28 heavy (non-hydrogen) atoms. The highest BCUT2D eigenvalue weighted by Gasteiger charge is 2.43. The van der Waals surface area contributed by atoms with Crippen molar-refractivity contribution in [3.05, 3.63) is 33.2 Å². The fraction of sp³-hybridized carbons (Fsp3) is 0.600. The fourth-order valence-corrected chi connectivity index (χ4v) is 5.00. The van der Waals surface area contributed by atoms with Crippen molar-refractivity contribution in [3.8, 4) is 0 Å². The normalized spacial score (nSPS) is 22.3. The van der Waals surface area contributed by atoms with Gasteiger partial charge in [0.25, 0.3) is 0 Å². The predicted octanol–water partition coefficient (Wildman–Crippen LogP) is 2.60. The second-order valence-electron chi connectivity index (χ2n) is 7.81. The molecule has 0 aromatic carbocycles. The number of amides is 1. The number of aromatic nitrogens is 3. The first-order valence-corrected chi connectivity index (χ1v) is 10.6. The Kier molecular flexibility index (Phi) is 5.20. The molecule has 0 spiro atoms. The summed E-state index contributed by atoms with van der Waals surface area (Å²) >= 11 is 1.70. The number of anilines is 1. The number of nitrogens with zero attached hydrogens (tertiary/aromatic N) is 5. The van der Waals surface area contributed by atoms with E-state index in [0.29, 0.717) is 19.6 Å². The number of aryl methyl sites for hydroxylation is 2. The fourth-order valence-electron chi connectivity index (χ4n) is 4.21. The number of likely N-dealkylation sites (tertiary alicyclic amines) is 1. The molecule has 0 bridgehead atoms. The van der Waals surface area contributed by atoms with Gasteiger partial charge >= 0.3 is 0 Å². The molecular weight excluding hydrogens is 374 g/mol. The Morgan fingerprint density at radius 3 is 2.82 bits per heavy atom. The topological polar surface area (TPSA) is 71.5 Å². The zero-order chi connectivity index (χ0) is 19.9. The van der Waals surface area contributed by atoms with Crippen LogP contribution in [0, 0.1) is 13.8 Å². The van der Waals surface area contributed by atoms with Gasteiger partial charge in [0.1, 0.15) is 5.82 Å².